The lowest BCUT2D eigenvalue weighted by molar-refractivity contribution is 0.550. The van der Waals surface area contributed by atoms with Gasteiger partial charge in [-0.05, 0) is 42.1 Å². The van der Waals surface area contributed by atoms with Gasteiger partial charge in [0.15, 0.2) is 0 Å². The summed E-state index contributed by atoms with van der Waals surface area (Å²) in [4.78, 5) is 0. The molecule has 0 aliphatic heterocycles. The molecule has 2 heteroatoms. The molecule has 0 bridgehead atoms. The van der Waals surface area contributed by atoms with Crippen LogP contribution in [0, 0.1) is 0 Å². The van der Waals surface area contributed by atoms with E-state index in [1.54, 1.807) is 0 Å². The van der Waals surface area contributed by atoms with Crippen LogP contribution >= 0.6 is 11.6 Å². The number of hydrogen-bond acceptors (Lipinski definition) is 1. The lowest BCUT2D eigenvalue weighted by Gasteiger charge is -2.19. The predicted octanol–water partition coefficient (Wildman–Crippen LogP) is 4.80. The molecule has 1 N–H and O–H groups in total. The Balaban J connectivity index is 2.19. The summed E-state index contributed by atoms with van der Waals surface area (Å²) in [7, 11) is 0. The smallest absolute Gasteiger partial charge is 0.0438 e. The van der Waals surface area contributed by atoms with Crippen molar-refractivity contribution >= 4 is 11.6 Å². The molecule has 0 spiro atoms. The molecule has 2 aromatic carbocycles. The molecule has 0 heterocycles. The van der Waals surface area contributed by atoms with Gasteiger partial charge in [-0.3, -0.25) is 0 Å². The fourth-order valence-corrected chi connectivity index (χ4v) is 2.64. The molecule has 0 aliphatic rings. The summed E-state index contributed by atoms with van der Waals surface area (Å²) in [5.41, 5.74) is 3.89. The summed E-state index contributed by atoms with van der Waals surface area (Å²) in [5, 5.41) is 4.40. The van der Waals surface area contributed by atoms with E-state index >= 15 is 0 Å². The van der Waals surface area contributed by atoms with Crippen LogP contribution in [-0.2, 0) is 12.8 Å². The lowest BCUT2D eigenvalue weighted by Crippen LogP contribution is -2.23. The van der Waals surface area contributed by atoms with Crippen LogP contribution in [0.3, 0.4) is 0 Å². The molecule has 1 nitrogen and oxygen atoms in total. The maximum atomic E-state index is 6.28. The van der Waals surface area contributed by atoms with Crippen molar-refractivity contribution in [2.45, 2.75) is 32.7 Å². The van der Waals surface area contributed by atoms with Crippen LogP contribution in [0.2, 0.25) is 5.02 Å². The molecular weight excluding hydrogens is 266 g/mol. The third-order valence-corrected chi connectivity index (χ3v) is 3.99. The molecule has 0 saturated carbocycles. The van der Waals surface area contributed by atoms with E-state index in [2.05, 4.69) is 49.5 Å². The molecule has 0 saturated heterocycles. The van der Waals surface area contributed by atoms with Gasteiger partial charge in [-0.15, -0.1) is 0 Å². The van der Waals surface area contributed by atoms with Crippen LogP contribution in [0.25, 0.3) is 0 Å². The SMILES string of the molecule is CCNC(Cc1ccccc1Cl)c1ccc(CC)cc1. The van der Waals surface area contributed by atoms with Gasteiger partial charge in [0.1, 0.15) is 0 Å². The van der Waals surface area contributed by atoms with Gasteiger partial charge in [-0.25, -0.2) is 0 Å². The number of hydrogen-bond donors (Lipinski definition) is 1. The van der Waals surface area contributed by atoms with Crippen LogP contribution in [0.15, 0.2) is 48.5 Å². The van der Waals surface area contributed by atoms with Crippen LogP contribution in [-0.4, -0.2) is 6.54 Å². The Morgan fingerprint density at radius 2 is 1.70 bits per heavy atom. The highest BCUT2D eigenvalue weighted by Crippen LogP contribution is 2.23. The van der Waals surface area contributed by atoms with Gasteiger partial charge in [0, 0.05) is 11.1 Å². The van der Waals surface area contributed by atoms with Crippen LogP contribution < -0.4 is 5.32 Å². The predicted molar refractivity (Wildman–Crippen MR) is 87.4 cm³/mol. The standard InChI is InChI=1S/C18H22ClN/c1-3-14-9-11-15(12-10-14)18(20-4-2)13-16-7-5-6-8-17(16)19/h5-12,18,20H,3-4,13H2,1-2H3. The quantitative estimate of drug-likeness (QED) is 0.805. The van der Waals surface area contributed by atoms with Gasteiger partial charge in [-0.2, -0.15) is 0 Å². The molecule has 0 radical (unpaired) electrons. The fourth-order valence-electron chi connectivity index (χ4n) is 2.42. The Hall–Kier alpha value is -1.31. The van der Waals surface area contributed by atoms with Crippen LogP contribution in [0.4, 0.5) is 0 Å². The zero-order chi connectivity index (χ0) is 14.4. The maximum Gasteiger partial charge on any atom is 0.0438 e. The lowest BCUT2D eigenvalue weighted by atomic mass is 9.97. The van der Waals surface area contributed by atoms with Crippen molar-refractivity contribution in [3.8, 4) is 0 Å². The number of nitrogens with one attached hydrogen (secondary N) is 1. The van der Waals surface area contributed by atoms with Gasteiger partial charge in [0.2, 0.25) is 0 Å². The molecule has 0 aromatic heterocycles. The largest absolute Gasteiger partial charge is 0.310 e. The molecule has 1 unspecified atom stereocenters. The first kappa shape index (κ1) is 15.1. The summed E-state index contributed by atoms with van der Waals surface area (Å²) in [6.45, 7) is 5.27. The van der Waals surface area contributed by atoms with E-state index in [0.717, 1.165) is 24.4 Å². The van der Waals surface area contributed by atoms with Gasteiger partial charge in [0.05, 0.1) is 0 Å². The first-order chi connectivity index (χ1) is 9.74. The number of aryl methyl sites for hydroxylation is 1. The molecular formula is C18H22ClN. The normalized spacial score (nSPS) is 12.3. The monoisotopic (exact) mass is 287 g/mol. The average molecular weight is 288 g/mol. The summed E-state index contributed by atoms with van der Waals surface area (Å²) in [6, 6.07) is 17.3. The first-order valence-electron chi connectivity index (χ1n) is 7.30. The van der Waals surface area contributed by atoms with E-state index in [9.17, 15) is 0 Å². The van der Waals surface area contributed by atoms with E-state index in [4.69, 9.17) is 11.6 Å². The van der Waals surface area contributed by atoms with Crippen molar-refractivity contribution in [1.82, 2.24) is 5.32 Å². The Morgan fingerprint density at radius 1 is 1.00 bits per heavy atom. The zero-order valence-corrected chi connectivity index (χ0v) is 13.0. The maximum absolute atomic E-state index is 6.28. The Morgan fingerprint density at radius 3 is 2.30 bits per heavy atom. The fraction of sp³-hybridized carbons (Fsp3) is 0.333. The van der Waals surface area contributed by atoms with Crippen molar-refractivity contribution in [2.75, 3.05) is 6.54 Å². The Labute approximate surface area is 127 Å². The molecule has 106 valence electrons. The van der Waals surface area contributed by atoms with Crippen molar-refractivity contribution in [3.05, 3.63) is 70.2 Å². The molecule has 0 fully saturated rings. The first-order valence-corrected chi connectivity index (χ1v) is 7.68. The Kier molecular flexibility index (Phi) is 5.63. The van der Waals surface area contributed by atoms with Crippen molar-refractivity contribution in [1.29, 1.82) is 0 Å². The second-order valence-electron chi connectivity index (χ2n) is 5.00. The third kappa shape index (κ3) is 3.84. The van der Waals surface area contributed by atoms with Crippen molar-refractivity contribution in [2.24, 2.45) is 0 Å². The number of benzene rings is 2. The minimum absolute atomic E-state index is 0.311. The van der Waals surface area contributed by atoms with E-state index in [1.807, 2.05) is 18.2 Å². The summed E-state index contributed by atoms with van der Waals surface area (Å²) >= 11 is 6.28. The highest BCUT2D eigenvalue weighted by atomic mass is 35.5. The highest BCUT2D eigenvalue weighted by molar-refractivity contribution is 6.31. The summed E-state index contributed by atoms with van der Waals surface area (Å²) in [6.07, 6.45) is 2.00. The second kappa shape index (κ2) is 7.47. The summed E-state index contributed by atoms with van der Waals surface area (Å²) < 4.78 is 0. The number of halogens is 1. The molecule has 0 aliphatic carbocycles. The van der Waals surface area contributed by atoms with Gasteiger partial charge >= 0.3 is 0 Å². The van der Waals surface area contributed by atoms with Crippen LogP contribution in [0.1, 0.15) is 36.6 Å². The molecule has 2 rings (SSSR count). The molecule has 1 atom stereocenters. The molecule has 20 heavy (non-hydrogen) atoms. The molecule has 0 amide bonds. The van der Waals surface area contributed by atoms with Crippen molar-refractivity contribution in [3.63, 3.8) is 0 Å². The minimum atomic E-state index is 0.311. The van der Waals surface area contributed by atoms with Gasteiger partial charge in [-0.1, -0.05) is 67.9 Å². The van der Waals surface area contributed by atoms with Gasteiger partial charge < -0.3 is 5.32 Å². The third-order valence-electron chi connectivity index (χ3n) is 3.62. The van der Waals surface area contributed by atoms with Crippen LogP contribution in [0.5, 0.6) is 0 Å². The highest BCUT2D eigenvalue weighted by Gasteiger charge is 2.12. The van der Waals surface area contributed by atoms with E-state index in [-0.39, 0.29) is 0 Å². The minimum Gasteiger partial charge on any atom is -0.310 e. The van der Waals surface area contributed by atoms with E-state index in [1.165, 1.54) is 16.7 Å². The average Bonchev–Trinajstić information content (AvgIpc) is 2.49. The zero-order valence-electron chi connectivity index (χ0n) is 12.2. The number of likely N-dealkylation sites (N-methyl/N-ethyl adjacent to an activating group) is 1. The Bertz CT molecular complexity index is 533. The summed E-state index contributed by atoms with van der Waals surface area (Å²) in [5.74, 6) is 0. The van der Waals surface area contributed by atoms with E-state index in [0.29, 0.717) is 6.04 Å². The van der Waals surface area contributed by atoms with Gasteiger partial charge in [0.25, 0.3) is 0 Å². The number of rotatable bonds is 6. The topological polar surface area (TPSA) is 12.0 Å². The second-order valence-corrected chi connectivity index (χ2v) is 5.41. The van der Waals surface area contributed by atoms with E-state index < -0.39 is 0 Å². The van der Waals surface area contributed by atoms with Crippen molar-refractivity contribution < 1.29 is 0 Å². The molecule has 2 aromatic rings.